The number of nitrogens with zero attached hydrogens (tertiary/aromatic N) is 1. The van der Waals surface area contributed by atoms with E-state index < -0.39 is 12.1 Å². The van der Waals surface area contributed by atoms with Crippen LogP contribution >= 0.6 is 12.4 Å². The number of amides is 2. The van der Waals surface area contributed by atoms with Crippen LogP contribution in [0.2, 0.25) is 0 Å². The van der Waals surface area contributed by atoms with Gasteiger partial charge in [0.15, 0.2) is 0 Å². The molecular weight excluding hydrogens is 306 g/mol. The van der Waals surface area contributed by atoms with Crippen LogP contribution in [0.3, 0.4) is 0 Å². The quantitative estimate of drug-likeness (QED) is 0.833. The van der Waals surface area contributed by atoms with E-state index in [9.17, 15) is 9.59 Å². The standard InChI is InChI=1S/C15H21N3O3.ClH/c1-10(16)14(19)17-13-7-8-18(15(13)20)9-11-3-5-12(21-2)6-4-11;/h3-6,10,13H,7-9,16H2,1-2H3,(H,17,19);1H/t10-,13?;/m0./s1. The third kappa shape index (κ3) is 4.35. The van der Waals surface area contributed by atoms with Gasteiger partial charge < -0.3 is 20.7 Å². The highest BCUT2D eigenvalue weighted by Gasteiger charge is 2.32. The average Bonchev–Trinajstić information content (AvgIpc) is 2.81. The lowest BCUT2D eigenvalue weighted by Crippen LogP contribution is -2.47. The van der Waals surface area contributed by atoms with Gasteiger partial charge in [0.2, 0.25) is 11.8 Å². The molecule has 1 unspecified atom stereocenters. The minimum Gasteiger partial charge on any atom is -0.497 e. The Bertz CT molecular complexity index is 519. The molecule has 0 aliphatic carbocycles. The minimum absolute atomic E-state index is 0. The van der Waals surface area contributed by atoms with E-state index in [1.54, 1.807) is 18.9 Å². The summed E-state index contributed by atoms with van der Waals surface area (Å²) in [6.07, 6.45) is 0.619. The highest BCUT2D eigenvalue weighted by Crippen LogP contribution is 2.17. The molecular formula is C15H22ClN3O3. The van der Waals surface area contributed by atoms with Crippen molar-refractivity contribution in [2.24, 2.45) is 5.73 Å². The number of hydrogen-bond acceptors (Lipinski definition) is 4. The molecule has 1 fully saturated rings. The molecule has 1 aliphatic heterocycles. The van der Waals surface area contributed by atoms with Gasteiger partial charge in [0, 0.05) is 13.1 Å². The molecule has 2 amide bonds. The van der Waals surface area contributed by atoms with Crippen molar-refractivity contribution < 1.29 is 14.3 Å². The summed E-state index contributed by atoms with van der Waals surface area (Å²) in [5.74, 6) is 0.438. The summed E-state index contributed by atoms with van der Waals surface area (Å²) in [6.45, 7) is 2.77. The fourth-order valence-corrected chi connectivity index (χ4v) is 2.28. The lowest BCUT2D eigenvalue weighted by atomic mass is 10.2. The fourth-order valence-electron chi connectivity index (χ4n) is 2.28. The molecule has 6 nitrogen and oxygen atoms in total. The molecule has 1 aliphatic rings. The number of hydrogen-bond donors (Lipinski definition) is 2. The van der Waals surface area contributed by atoms with Crippen molar-refractivity contribution in [3.63, 3.8) is 0 Å². The molecule has 0 radical (unpaired) electrons. The lowest BCUT2D eigenvalue weighted by molar-refractivity contribution is -0.133. The lowest BCUT2D eigenvalue weighted by Gasteiger charge is -2.18. The van der Waals surface area contributed by atoms with Crippen molar-refractivity contribution in [3.05, 3.63) is 29.8 Å². The van der Waals surface area contributed by atoms with Crippen molar-refractivity contribution in [1.29, 1.82) is 0 Å². The highest BCUT2D eigenvalue weighted by molar-refractivity contribution is 5.90. The van der Waals surface area contributed by atoms with Gasteiger partial charge in [-0.25, -0.2) is 0 Å². The Balaban J connectivity index is 0.00000242. The number of ether oxygens (including phenoxy) is 1. The molecule has 1 heterocycles. The normalized spacial score (nSPS) is 18.6. The molecule has 2 rings (SSSR count). The molecule has 122 valence electrons. The number of methoxy groups -OCH3 is 1. The van der Waals surface area contributed by atoms with Gasteiger partial charge in [0.1, 0.15) is 11.8 Å². The Labute approximate surface area is 136 Å². The summed E-state index contributed by atoms with van der Waals surface area (Å²) in [6, 6.07) is 6.53. The zero-order chi connectivity index (χ0) is 15.4. The highest BCUT2D eigenvalue weighted by atomic mass is 35.5. The predicted molar refractivity (Wildman–Crippen MR) is 85.9 cm³/mol. The number of rotatable bonds is 5. The zero-order valence-corrected chi connectivity index (χ0v) is 13.6. The first-order valence-corrected chi connectivity index (χ1v) is 6.99. The molecule has 1 aromatic carbocycles. The van der Waals surface area contributed by atoms with Gasteiger partial charge in [-0.05, 0) is 31.0 Å². The van der Waals surface area contributed by atoms with Crippen LogP contribution in [0.25, 0.3) is 0 Å². The first-order chi connectivity index (χ1) is 10.0. The fraction of sp³-hybridized carbons (Fsp3) is 0.467. The monoisotopic (exact) mass is 327 g/mol. The molecule has 1 saturated heterocycles. The molecule has 1 aromatic rings. The molecule has 0 spiro atoms. The number of likely N-dealkylation sites (tertiary alicyclic amines) is 1. The first-order valence-electron chi connectivity index (χ1n) is 6.99. The van der Waals surface area contributed by atoms with Crippen LogP contribution in [-0.2, 0) is 16.1 Å². The molecule has 3 N–H and O–H groups in total. The summed E-state index contributed by atoms with van der Waals surface area (Å²) >= 11 is 0. The SMILES string of the molecule is COc1ccc(CN2CCC(NC(=O)[C@H](C)N)C2=O)cc1.Cl. The van der Waals surface area contributed by atoms with Crippen LogP contribution in [0.15, 0.2) is 24.3 Å². The summed E-state index contributed by atoms with van der Waals surface area (Å²) in [7, 11) is 1.62. The van der Waals surface area contributed by atoms with Crippen LogP contribution < -0.4 is 15.8 Å². The van der Waals surface area contributed by atoms with Gasteiger partial charge in [-0.3, -0.25) is 9.59 Å². The van der Waals surface area contributed by atoms with Gasteiger partial charge in [-0.2, -0.15) is 0 Å². The maximum atomic E-state index is 12.2. The van der Waals surface area contributed by atoms with E-state index in [0.29, 0.717) is 19.5 Å². The molecule has 0 saturated carbocycles. The summed E-state index contributed by atoms with van der Waals surface area (Å²) in [4.78, 5) is 25.5. The first kappa shape index (κ1) is 18.3. The third-order valence-electron chi connectivity index (χ3n) is 3.56. The van der Waals surface area contributed by atoms with Crippen molar-refractivity contribution in [2.75, 3.05) is 13.7 Å². The van der Waals surface area contributed by atoms with E-state index in [1.807, 2.05) is 24.3 Å². The Morgan fingerprint density at radius 2 is 2.09 bits per heavy atom. The number of halogens is 1. The van der Waals surface area contributed by atoms with Crippen molar-refractivity contribution in [1.82, 2.24) is 10.2 Å². The van der Waals surface area contributed by atoms with Crippen LogP contribution in [0, 0.1) is 0 Å². The van der Waals surface area contributed by atoms with E-state index in [2.05, 4.69) is 5.32 Å². The maximum absolute atomic E-state index is 12.2. The van der Waals surface area contributed by atoms with Gasteiger partial charge in [-0.1, -0.05) is 12.1 Å². The average molecular weight is 328 g/mol. The van der Waals surface area contributed by atoms with E-state index in [0.717, 1.165) is 11.3 Å². The number of nitrogens with one attached hydrogen (secondary N) is 1. The summed E-state index contributed by atoms with van der Waals surface area (Å²) in [5.41, 5.74) is 6.53. The second-order valence-electron chi connectivity index (χ2n) is 5.25. The van der Waals surface area contributed by atoms with Crippen LogP contribution in [-0.4, -0.2) is 42.5 Å². The van der Waals surface area contributed by atoms with Crippen molar-refractivity contribution >= 4 is 24.2 Å². The zero-order valence-electron chi connectivity index (χ0n) is 12.7. The Morgan fingerprint density at radius 3 is 2.64 bits per heavy atom. The maximum Gasteiger partial charge on any atom is 0.245 e. The van der Waals surface area contributed by atoms with E-state index in [1.165, 1.54) is 0 Å². The van der Waals surface area contributed by atoms with Crippen molar-refractivity contribution in [2.45, 2.75) is 32.0 Å². The second-order valence-corrected chi connectivity index (χ2v) is 5.25. The molecule has 7 heteroatoms. The minimum atomic E-state index is -0.603. The van der Waals surface area contributed by atoms with Crippen LogP contribution in [0.1, 0.15) is 18.9 Å². The van der Waals surface area contributed by atoms with Gasteiger partial charge >= 0.3 is 0 Å². The van der Waals surface area contributed by atoms with Gasteiger partial charge in [0.25, 0.3) is 0 Å². The number of carbonyl (C=O) groups excluding carboxylic acids is 2. The van der Waals surface area contributed by atoms with Gasteiger partial charge in [0.05, 0.1) is 13.2 Å². The Hall–Kier alpha value is -1.79. The van der Waals surface area contributed by atoms with Crippen LogP contribution in [0.5, 0.6) is 5.75 Å². The largest absolute Gasteiger partial charge is 0.497 e. The number of benzene rings is 1. The Kier molecular flexibility index (Phi) is 6.64. The Morgan fingerprint density at radius 1 is 1.45 bits per heavy atom. The molecule has 0 bridgehead atoms. The summed E-state index contributed by atoms with van der Waals surface area (Å²) in [5, 5.41) is 2.69. The van der Waals surface area contributed by atoms with Gasteiger partial charge in [-0.15, -0.1) is 12.4 Å². The number of nitrogens with two attached hydrogens (primary N) is 1. The van der Waals surface area contributed by atoms with E-state index >= 15 is 0 Å². The molecule has 22 heavy (non-hydrogen) atoms. The number of carbonyl (C=O) groups is 2. The second kappa shape index (κ2) is 8.00. The van der Waals surface area contributed by atoms with Crippen LogP contribution in [0.4, 0.5) is 0 Å². The topological polar surface area (TPSA) is 84.7 Å². The van der Waals surface area contributed by atoms with Crippen molar-refractivity contribution in [3.8, 4) is 5.75 Å². The smallest absolute Gasteiger partial charge is 0.245 e. The predicted octanol–water partition coefficient (Wildman–Crippen LogP) is 0.681. The summed E-state index contributed by atoms with van der Waals surface area (Å²) < 4.78 is 5.10. The third-order valence-corrected chi connectivity index (χ3v) is 3.56. The van der Waals surface area contributed by atoms with E-state index in [-0.39, 0.29) is 24.2 Å². The van der Waals surface area contributed by atoms with E-state index in [4.69, 9.17) is 10.5 Å². The molecule has 0 aromatic heterocycles. The molecule has 2 atom stereocenters.